The molecule has 2 unspecified atom stereocenters. The fourth-order valence-electron chi connectivity index (χ4n) is 0.417. The molecular formula is C6H12BFO. The molecule has 0 aliphatic carbocycles. The van der Waals surface area contributed by atoms with Crippen LogP contribution in [0.1, 0.15) is 28.6 Å². The van der Waals surface area contributed by atoms with Crippen LogP contribution in [-0.4, -0.2) is 13.3 Å². The molecule has 2 radical (unpaired) electrons. The van der Waals surface area contributed by atoms with Crippen molar-refractivity contribution in [3.63, 3.8) is 0 Å². The first kappa shape index (κ1) is 7.07. The van der Waals surface area contributed by atoms with Crippen molar-refractivity contribution in [2.75, 3.05) is 0 Å². The Labute approximate surface area is 58.3 Å². The molecule has 0 bridgehead atoms. The van der Waals surface area contributed by atoms with Gasteiger partial charge < -0.3 is 0 Å². The third-order valence-electron chi connectivity index (χ3n) is 1.54. The Balaban J connectivity index is 4.28. The second-order valence-electron chi connectivity index (χ2n) is 2.32. The molecule has 0 N–H and O–H groups in total. The zero-order valence-corrected chi connectivity index (χ0v) is 6.07. The fraction of sp³-hybridized carbons (Fsp3) is 1.00. The van der Waals surface area contributed by atoms with Crippen LogP contribution in [0.25, 0.3) is 0 Å². The lowest BCUT2D eigenvalue weighted by Crippen LogP contribution is -2.33. The maximum Gasteiger partial charge on any atom is 0.118 e. The fourth-order valence-corrected chi connectivity index (χ4v) is 0.417. The summed E-state index contributed by atoms with van der Waals surface area (Å²) >= 11 is 0. The first-order valence-electron chi connectivity index (χ1n) is 3.46. The van der Waals surface area contributed by atoms with Crippen LogP contribution in [0.15, 0.2) is 0 Å². The Morgan fingerprint density at radius 3 is 2.56 bits per heavy atom. The van der Waals surface area contributed by atoms with Crippen LogP contribution in [-0.2, 0) is 4.94 Å². The van der Waals surface area contributed by atoms with E-state index in [4.69, 9.17) is 9.22 Å². The molecule has 0 amide bonds. The molecule has 0 aromatic heterocycles. The lowest BCUT2D eigenvalue weighted by atomic mass is 9.73. The number of hydrogen-bond acceptors (Lipinski definition) is 1. The lowest BCUT2D eigenvalue weighted by Gasteiger charge is -2.26. The van der Waals surface area contributed by atoms with Gasteiger partial charge in [-0.15, -0.1) is 0 Å². The maximum absolute atomic E-state index is 11.7. The summed E-state index contributed by atoms with van der Waals surface area (Å²) in [4.78, 5) is 3.48. The van der Waals surface area contributed by atoms with Crippen molar-refractivity contribution in [2.24, 2.45) is 5.89 Å². The van der Waals surface area contributed by atoms with Gasteiger partial charge in [0, 0.05) is 1.37 Å². The van der Waals surface area contributed by atoms with Gasteiger partial charge in [-0.3, -0.25) is 0 Å². The molecular weight excluding hydrogens is 118 g/mol. The molecule has 0 aliphatic rings. The van der Waals surface area contributed by atoms with Gasteiger partial charge in [0.1, 0.15) is 7.85 Å². The third-order valence-corrected chi connectivity index (χ3v) is 1.54. The maximum atomic E-state index is 11.7. The van der Waals surface area contributed by atoms with E-state index in [1.54, 1.807) is 6.92 Å². The van der Waals surface area contributed by atoms with Gasteiger partial charge >= 0.3 is 0 Å². The molecule has 0 aliphatic heterocycles. The molecule has 0 rings (SSSR count). The Morgan fingerprint density at radius 2 is 2.44 bits per heavy atom. The molecule has 0 fully saturated rings. The first-order chi connectivity index (χ1) is 4.37. The normalized spacial score (nSPS) is 26.0. The summed E-state index contributed by atoms with van der Waals surface area (Å²) < 4.78 is 19.2. The van der Waals surface area contributed by atoms with Gasteiger partial charge in [0.25, 0.3) is 0 Å². The van der Waals surface area contributed by atoms with Crippen molar-refractivity contribution in [1.29, 1.82) is 0 Å². The molecule has 0 saturated carbocycles. The van der Waals surface area contributed by atoms with Crippen molar-refractivity contribution in [3.05, 3.63) is 0 Å². The van der Waals surface area contributed by atoms with E-state index in [1.807, 2.05) is 0 Å². The van der Waals surface area contributed by atoms with Crippen LogP contribution in [0.4, 0.5) is 4.53 Å². The zero-order valence-electron chi connectivity index (χ0n) is 7.07. The Hall–Kier alpha value is -0.0451. The van der Waals surface area contributed by atoms with Crippen LogP contribution >= 0.6 is 0 Å². The van der Waals surface area contributed by atoms with Crippen LogP contribution in [0.5, 0.6) is 0 Å². The van der Waals surface area contributed by atoms with Crippen molar-refractivity contribution >= 4 is 7.85 Å². The van der Waals surface area contributed by atoms with Crippen molar-refractivity contribution < 1.29 is 10.8 Å². The van der Waals surface area contributed by atoms with Gasteiger partial charge in [-0.05, 0) is 17.3 Å². The highest BCUT2D eigenvalue weighted by Gasteiger charge is 2.25. The summed E-state index contributed by atoms with van der Waals surface area (Å²) in [7, 11) is 5.32. The predicted octanol–water partition coefficient (Wildman–Crippen LogP) is 1.82. The van der Waals surface area contributed by atoms with E-state index in [0.717, 1.165) is 0 Å². The van der Waals surface area contributed by atoms with E-state index in [1.165, 1.54) is 13.8 Å². The van der Waals surface area contributed by atoms with E-state index in [9.17, 15) is 4.53 Å². The smallest absolute Gasteiger partial charge is 0.118 e. The molecule has 2 atom stereocenters. The van der Waals surface area contributed by atoms with E-state index < -0.39 is 11.4 Å². The summed E-state index contributed by atoms with van der Waals surface area (Å²) in [5.41, 5.74) is -1.51. The molecule has 0 saturated heterocycles. The highest BCUT2D eigenvalue weighted by Crippen LogP contribution is 2.20. The van der Waals surface area contributed by atoms with Crippen LogP contribution < -0.4 is 0 Å². The summed E-state index contributed by atoms with van der Waals surface area (Å²) in [6.45, 7) is 4.65. The quantitative estimate of drug-likeness (QED) is 0.532. The summed E-state index contributed by atoms with van der Waals surface area (Å²) in [5, 5.41) is 0. The second kappa shape index (κ2) is 3.21. The van der Waals surface area contributed by atoms with Crippen LogP contribution in [0.3, 0.4) is 0 Å². The summed E-state index contributed by atoms with van der Waals surface area (Å²) in [6, 6.07) is 0. The Kier molecular flexibility index (Phi) is 2.52. The zero-order chi connectivity index (χ0) is 8.41. The van der Waals surface area contributed by atoms with Gasteiger partial charge in [-0.2, -0.15) is 4.94 Å². The number of rotatable bonds is 3. The number of halogens is 1. The minimum Gasteiger partial charge on any atom is -0.198 e. The van der Waals surface area contributed by atoms with E-state index in [0.29, 0.717) is 6.42 Å². The van der Waals surface area contributed by atoms with E-state index in [-0.39, 0.29) is 0 Å². The monoisotopic (exact) mass is 132 g/mol. The van der Waals surface area contributed by atoms with Crippen molar-refractivity contribution in [2.45, 2.75) is 32.7 Å². The number of hydrogen-bond donors (Lipinski definition) is 0. The predicted molar refractivity (Wildman–Crippen MR) is 35.8 cm³/mol. The lowest BCUT2D eigenvalue weighted by molar-refractivity contribution is -0.210. The van der Waals surface area contributed by atoms with Gasteiger partial charge in [0.15, 0.2) is 0 Å². The Morgan fingerprint density at radius 1 is 2.00 bits per heavy atom. The second-order valence-corrected chi connectivity index (χ2v) is 2.32. The Bertz CT molecular complexity index is 102. The highest BCUT2D eigenvalue weighted by molar-refractivity contribution is 6.14. The first-order valence-corrected chi connectivity index (χ1v) is 2.96. The van der Waals surface area contributed by atoms with E-state index >= 15 is 0 Å². The van der Waals surface area contributed by atoms with Gasteiger partial charge in [-0.25, -0.2) is 0 Å². The average molecular weight is 132 g/mol. The molecule has 0 aromatic rings. The molecule has 9 heavy (non-hydrogen) atoms. The standard InChI is InChI=1S/C6H12BFO/c1-4-5(2)6(3,7)9-8/h5H,4H2,1-3H3/i5T. The average Bonchev–Trinajstić information content (AvgIpc) is 1.88. The van der Waals surface area contributed by atoms with Crippen LogP contribution in [0.2, 0.25) is 0 Å². The van der Waals surface area contributed by atoms with Crippen molar-refractivity contribution in [3.8, 4) is 0 Å². The molecule has 3 heteroatoms. The summed E-state index contributed by atoms with van der Waals surface area (Å²) in [6.07, 6.45) is 0.448. The topological polar surface area (TPSA) is 9.23 Å². The minimum atomic E-state index is -1.51. The van der Waals surface area contributed by atoms with Gasteiger partial charge in [-0.1, -0.05) is 20.3 Å². The molecule has 0 aromatic carbocycles. The minimum absolute atomic E-state index is 0.448. The molecule has 0 spiro atoms. The molecule has 52 valence electrons. The highest BCUT2D eigenvalue weighted by atomic mass is 19.3. The van der Waals surface area contributed by atoms with Crippen LogP contribution in [0, 0.1) is 5.89 Å². The SMILES string of the molecule is [3H]C(C)(CC)C([B])(C)OF. The van der Waals surface area contributed by atoms with Gasteiger partial charge in [0.2, 0.25) is 0 Å². The summed E-state index contributed by atoms with van der Waals surface area (Å²) in [5.74, 6) is -1.08. The largest absolute Gasteiger partial charge is 0.198 e. The molecule has 0 heterocycles. The van der Waals surface area contributed by atoms with Crippen molar-refractivity contribution in [1.82, 2.24) is 0 Å². The van der Waals surface area contributed by atoms with Gasteiger partial charge in [0.05, 0.1) is 5.50 Å². The third kappa shape index (κ3) is 2.35. The van der Waals surface area contributed by atoms with E-state index in [2.05, 4.69) is 4.94 Å². The molecule has 1 nitrogen and oxygen atoms in total.